The van der Waals surface area contributed by atoms with Gasteiger partial charge in [0.2, 0.25) is 0 Å². The number of nitrogens with zero attached hydrogens (tertiary/aromatic N) is 14. The maximum absolute atomic E-state index is 6.11. The number of likely N-dealkylation sites (N-methyl/N-ethyl adjacent to an activating group) is 3. The second-order valence-corrected chi connectivity index (χ2v) is 28.0. The molecule has 10 aromatic rings. The summed E-state index contributed by atoms with van der Waals surface area (Å²) in [5, 5.41) is 11.5. The van der Waals surface area contributed by atoms with Crippen LogP contribution < -0.4 is 29.6 Å². The number of aromatic nitrogens is 7. The summed E-state index contributed by atoms with van der Waals surface area (Å²) in [6.45, 7) is 29.9. The predicted octanol–water partition coefficient (Wildman–Crippen LogP) is 13.6. The lowest BCUT2D eigenvalue weighted by atomic mass is 9.79. The molecule has 0 aliphatic carbocycles. The SMILES string of the molecule is C.C.CC1=NCc2ncc(-c3ccc(N4CCN(C)CC4)cc3)cc21.CN1CCN(c2ccc(B3OC(C)(C)C(C)(C)O3)cc2)CC1.COc1ccc(Cn2nc(C)c3cc(-c4ccc(N5CCN(C)CC5)cc4)cnc32)cc1.COc1ccc(Cn2nc(C)c3cc(Br)cnc32)cc1. The molecule has 5 aliphatic heterocycles. The van der Waals surface area contributed by atoms with E-state index in [1.807, 2.05) is 65.1 Å². The Balaban J connectivity index is 0.000000144. The Labute approximate surface area is 595 Å². The second-order valence-electron chi connectivity index (χ2n) is 27.1. The van der Waals surface area contributed by atoms with Crippen LogP contribution in [0.1, 0.15) is 83.2 Å². The van der Waals surface area contributed by atoms with Gasteiger partial charge in [0.1, 0.15) is 11.5 Å². The molecule has 4 fully saturated rings. The Morgan fingerprint density at radius 3 is 1.27 bits per heavy atom. The highest BCUT2D eigenvalue weighted by atomic mass is 79.9. The lowest BCUT2D eigenvalue weighted by molar-refractivity contribution is 0.00578. The quantitative estimate of drug-likeness (QED) is 0.107. The highest BCUT2D eigenvalue weighted by Gasteiger charge is 2.51. The van der Waals surface area contributed by atoms with E-state index in [0.717, 1.165) is 157 Å². The first-order valence-corrected chi connectivity index (χ1v) is 34.6. The van der Waals surface area contributed by atoms with Gasteiger partial charge in [0.25, 0.3) is 0 Å². The van der Waals surface area contributed by atoms with Crippen LogP contribution in [0.4, 0.5) is 17.1 Å². The Morgan fingerprint density at radius 2 is 0.848 bits per heavy atom. The number of piperazine rings is 3. The number of hydrogen-bond acceptors (Lipinski definition) is 16. The standard InChI is InChI=1S/C26H29N5O.C19H22N4.C17H27BN2O2.C15H14BrN3O.2CH4/c1-19-25-16-22(21-6-8-23(9-7-21)30-14-12-29(2)13-15-30)17-27-26(25)31(28-19)18-20-4-10-24(32-3)11-5-20;1-14-18-11-16(12-21-19(18)13-20-14)15-3-5-17(6-4-15)23-9-7-22(2)8-10-23;1-16(2)17(3,4)22-18(21-16)14-6-8-15(9-7-14)20-12-10-19(5)11-13-20;1-10-14-7-12(16)8-17-15(14)19(18-10)9-11-3-5-13(20-2)6-4-11;;/h4-11,16-17H,12-15,18H2,1-3H3;3-6,11-12H,7-10,13H2,1-2H3;6-9H,10-13H2,1-5H3;3-8H,9H2,1-2H3;2*1H4. The van der Waals surface area contributed by atoms with Crippen molar-refractivity contribution in [3.8, 4) is 33.8 Å². The van der Waals surface area contributed by atoms with E-state index in [4.69, 9.17) is 28.9 Å². The fourth-order valence-corrected chi connectivity index (χ4v) is 13.0. The lowest BCUT2D eigenvalue weighted by Crippen LogP contribution is -2.44. The molecule has 0 N–H and O–H groups in total. The van der Waals surface area contributed by atoms with E-state index in [1.165, 1.54) is 50.4 Å². The smallest absolute Gasteiger partial charge is 0.494 e. The molecule has 18 nitrogen and oxygen atoms in total. The van der Waals surface area contributed by atoms with Crippen molar-refractivity contribution in [1.82, 2.24) is 49.2 Å². The van der Waals surface area contributed by atoms with Gasteiger partial charge in [-0.05, 0) is 192 Å². The van der Waals surface area contributed by atoms with Gasteiger partial charge < -0.3 is 48.2 Å². The molecular formula is C79H100BBrN14O4. The Morgan fingerprint density at radius 1 is 0.465 bits per heavy atom. The lowest BCUT2D eigenvalue weighted by Gasteiger charge is -2.34. The van der Waals surface area contributed by atoms with E-state index in [2.05, 4.69) is 231 Å². The molecule has 5 aromatic carbocycles. The molecule has 0 spiro atoms. The molecule has 15 rings (SSSR count). The first-order valence-electron chi connectivity index (χ1n) is 33.8. The average Bonchev–Trinajstić information content (AvgIpc) is 1.65. The Bertz CT molecular complexity index is 4290. The van der Waals surface area contributed by atoms with Crippen molar-refractivity contribution in [3.63, 3.8) is 0 Å². The van der Waals surface area contributed by atoms with Crippen LogP contribution in [-0.2, 0) is 28.9 Å². The highest BCUT2D eigenvalue weighted by Crippen LogP contribution is 2.37. The monoisotopic (exact) mass is 1400 g/mol. The molecule has 5 aromatic heterocycles. The van der Waals surface area contributed by atoms with Gasteiger partial charge in [-0.25, -0.2) is 19.3 Å². The van der Waals surface area contributed by atoms with E-state index >= 15 is 0 Å². The van der Waals surface area contributed by atoms with Gasteiger partial charge in [-0.15, -0.1) is 0 Å². The van der Waals surface area contributed by atoms with Gasteiger partial charge in [0, 0.05) is 152 Å². The summed E-state index contributed by atoms with van der Waals surface area (Å²) in [5.74, 6) is 1.72. The maximum Gasteiger partial charge on any atom is 0.494 e. The van der Waals surface area contributed by atoms with Crippen LogP contribution >= 0.6 is 15.9 Å². The summed E-state index contributed by atoms with van der Waals surface area (Å²) in [4.78, 5) is 32.8. The summed E-state index contributed by atoms with van der Waals surface area (Å²) in [6.07, 6.45) is 5.73. The van der Waals surface area contributed by atoms with Gasteiger partial charge in [-0.1, -0.05) is 75.5 Å². The molecule has 520 valence electrons. The third kappa shape index (κ3) is 17.4. The summed E-state index contributed by atoms with van der Waals surface area (Å²) < 4.78 is 27.5. The maximum atomic E-state index is 6.11. The molecule has 20 heteroatoms. The van der Waals surface area contributed by atoms with Crippen molar-refractivity contribution >= 4 is 73.4 Å². The number of benzene rings is 5. The summed E-state index contributed by atoms with van der Waals surface area (Å²) >= 11 is 3.45. The topological polar surface area (TPSA) is 143 Å². The number of methoxy groups -OCH3 is 2. The molecule has 0 amide bonds. The van der Waals surface area contributed by atoms with Crippen LogP contribution in [0, 0.1) is 13.8 Å². The third-order valence-corrected chi connectivity index (χ3v) is 20.2. The number of fused-ring (bicyclic) bond motifs is 3. The molecule has 4 saturated heterocycles. The fraction of sp³-hybridized carbons (Fsp3) is 0.392. The first-order chi connectivity index (χ1) is 46.8. The van der Waals surface area contributed by atoms with E-state index in [0.29, 0.717) is 13.1 Å². The largest absolute Gasteiger partial charge is 0.497 e. The summed E-state index contributed by atoms with van der Waals surface area (Å²) in [7, 11) is 9.63. The van der Waals surface area contributed by atoms with Gasteiger partial charge in [0.05, 0.1) is 62.1 Å². The van der Waals surface area contributed by atoms with E-state index in [9.17, 15) is 0 Å². The first kappa shape index (κ1) is 73.2. The second kappa shape index (κ2) is 32.2. The number of pyridine rings is 3. The number of hydrogen-bond donors (Lipinski definition) is 0. The number of halogens is 1. The zero-order valence-electron chi connectivity index (χ0n) is 58.5. The van der Waals surface area contributed by atoms with Crippen molar-refractivity contribution in [2.75, 3.05) is 129 Å². The molecule has 10 heterocycles. The highest BCUT2D eigenvalue weighted by molar-refractivity contribution is 9.10. The zero-order valence-corrected chi connectivity index (χ0v) is 60.1. The van der Waals surface area contributed by atoms with Crippen LogP contribution in [0.15, 0.2) is 168 Å². The Hall–Kier alpha value is -8.50. The number of rotatable bonds is 12. The number of anilines is 3. The minimum Gasteiger partial charge on any atom is -0.497 e. The van der Waals surface area contributed by atoms with Gasteiger partial charge >= 0.3 is 7.12 Å². The normalized spacial score (nSPS) is 16.7. The van der Waals surface area contributed by atoms with Crippen LogP contribution in [0.5, 0.6) is 11.5 Å². The number of aryl methyl sites for hydroxylation is 2. The molecule has 0 saturated carbocycles. The molecule has 99 heavy (non-hydrogen) atoms. The molecule has 0 atom stereocenters. The van der Waals surface area contributed by atoms with Crippen molar-refractivity contribution < 1.29 is 18.8 Å². The van der Waals surface area contributed by atoms with Gasteiger partial charge in [-0.3, -0.25) is 9.98 Å². The minimum absolute atomic E-state index is 0. The summed E-state index contributed by atoms with van der Waals surface area (Å²) in [6, 6.07) is 48.9. The van der Waals surface area contributed by atoms with E-state index in [-0.39, 0.29) is 33.2 Å². The van der Waals surface area contributed by atoms with Crippen LogP contribution in [0.2, 0.25) is 0 Å². The number of ether oxygens (including phenoxy) is 2. The fourth-order valence-electron chi connectivity index (χ4n) is 12.7. The molecule has 0 unspecified atom stereocenters. The summed E-state index contributed by atoms with van der Waals surface area (Å²) in [5.41, 5.74) is 18.6. The number of aliphatic imine (C=N–C) groups is 1. The van der Waals surface area contributed by atoms with E-state index in [1.54, 1.807) is 20.4 Å². The minimum atomic E-state index is -0.284. The third-order valence-electron chi connectivity index (χ3n) is 19.7. The van der Waals surface area contributed by atoms with Crippen LogP contribution in [0.3, 0.4) is 0 Å². The average molecular weight is 1400 g/mol. The van der Waals surface area contributed by atoms with Crippen LogP contribution in [0.25, 0.3) is 44.3 Å². The molecule has 5 aliphatic rings. The van der Waals surface area contributed by atoms with Crippen molar-refractivity contribution in [2.45, 2.75) is 94.2 Å². The van der Waals surface area contributed by atoms with E-state index < -0.39 is 0 Å². The van der Waals surface area contributed by atoms with Gasteiger partial charge in [0.15, 0.2) is 11.3 Å². The molecular weight excluding hydrogens is 1300 g/mol. The molecule has 0 bridgehead atoms. The Kier molecular flexibility index (Phi) is 23.8. The van der Waals surface area contributed by atoms with Crippen molar-refractivity contribution in [1.29, 1.82) is 0 Å². The van der Waals surface area contributed by atoms with Crippen molar-refractivity contribution in [2.24, 2.45) is 4.99 Å². The van der Waals surface area contributed by atoms with Crippen molar-refractivity contribution in [3.05, 3.63) is 196 Å². The predicted molar refractivity (Wildman–Crippen MR) is 412 cm³/mol. The van der Waals surface area contributed by atoms with Crippen LogP contribution in [-0.4, -0.2) is 187 Å². The zero-order chi connectivity index (χ0) is 68.0. The van der Waals surface area contributed by atoms with Gasteiger partial charge in [-0.2, -0.15) is 10.2 Å². The molecule has 0 radical (unpaired) electrons.